The number of methoxy groups -OCH3 is 1. The van der Waals surface area contributed by atoms with Gasteiger partial charge in [0.25, 0.3) is 10.0 Å². The van der Waals surface area contributed by atoms with Gasteiger partial charge in [-0.3, -0.25) is 13.9 Å². The van der Waals surface area contributed by atoms with Gasteiger partial charge in [-0.15, -0.1) is 0 Å². The minimum Gasteiger partial charge on any atom is -0.468 e. The number of carbonyl (C=O) groups excluding carboxylic acids is 3. The highest BCUT2D eigenvalue weighted by Gasteiger charge is 2.30. The second-order valence-corrected chi connectivity index (χ2v) is 7.89. The molecule has 2 aromatic rings. The molecule has 0 aromatic heterocycles. The molecule has 0 bridgehead atoms. The van der Waals surface area contributed by atoms with Gasteiger partial charge in [-0.25, -0.2) is 13.2 Å². The molecule has 1 amide bonds. The molecule has 1 N–H and O–H groups in total. The van der Waals surface area contributed by atoms with Crippen molar-refractivity contribution in [1.82, 2.24) is 0 Å². The topological polar surface area (TPSA) is 119 Å². The van der Waals surface area contributed by atoms with E-state index < -0.39 is 28.5 Å². The summed E-state index contributed by atoms with van der Waals surface area (Å²) in [5, 5.41) is 2.54. The molecule has 0 heterocycles. The zero-order valence-corrected chi connectivity index (χ0v) is 17.6. The van der Waals surface area contributed by atoms with Crippen LogP contribution < -0.4 is 9.62 Å². The Morgan fingerprint density at radius 1 is 1.03 bits per heavy atom. The summed E-state index contributed by atoms with van der Waals surface area (Å²) in [5.74, 6) is -1.84. The number of amides is 1. The molecule has 9 nitrogen and oxygen atoms in total. The summed E-state index contributed by atoms with van der Waals surface area (Å²) in [5.41, 5.74) is 0.377. The first kappa shape index (κ1) is 22.9. The van der Waals surface area contributed by atoms with Crippen LogP contribution in [0.5, 0.6) is 0 Å². The molecule has 0 spiro atoms. The molecule has 0 aliphatic rings. The van der Waals surface area contributed by atoms with E-state index in [1.54, 1.807) is 13.0 Å². The van der Waals surface area contributed by atoms with Crippen LogP contribution in [0, 0.1) is 0 Å². The van der Waals surface area contributed by atoms with Gasteiger partial charge >= 0.3 is 11.9 Å². The quantitative estimate of drug-likeness (QED) is 0.633. The van der Waals surface area contributed by atoms with Crippen LogP contribution in [0.2, 0.25) is 0 Å². The van der Waals surface area contributed by atoms with Crippen molar-refractivity contribution in [2.24, 2.45) is 0 Å². The van der Waals surface area contributed by atoms with Gasteiger partial charge in [-0.05, 0) is 43.3 Å². The molecule has 10 heteroatoms. The van der Waals surface area contributed by atoms with Crippen molar-refractivity contribution in [2.75, 3.05) is 29.9 Å². The fourth-order valence-electron chi connectivity index (χ4n) is 2.59. The van der Waals surface area contributed by atoms with Gasteiger partial charge in [0.15, 0.2) is 0 Å². The van der Waals surface area contributed by atoms with E-state index in [2.05, 4.69) is 10.1 Å². The molecular weight excluding hydrogens is 412 g/mol. The first-order valence-electron chi connectivity index (χ1n) is 8.94. The second-order valence-electron chi connectivity index (χ2n) is 6.03. The van der Waals surface area contributed by atoms with Gasteiger partial charge in [0.2, 0.25) is 5.91 Å². The number of hydrogen-bond donors (Lipinski definition) is 1. The molecule has 0 aliphatic heterocycles. The molecule has 2 rings (SSSR count). The Morgan fingerprint density at radius 2 is 1.67 bits per heavy atom. The summed E-state index contributed by atoms with van der Waals surface area (Å²) >= 11 is 0. The Bertz CT molecular complexity index is 1030. The number of sulfonamides is 1. The molecule has 0 saturated carbocycles. The largest absolute Gasteiger partial charge is 0.468 e. The lowest BCUT2D eigenvalue weighted by Crippen LogP contribution is -2.37. The lowest BCUT2D eigenvalue weighted by atomic mass is 10.2. The number of carbonyl (C=O) groups is 3. The van der Waals surface area contributed by atoms with E-state index in [0.717, 1.165) is 11.4 Å². The normalized spacial score (nSPS) is 10.8. The van der Waals surface area contributed by atoms with Crippen LogP contribution in [0.25, 0.3) is 0 Å². The van der Waals surface area contributed by atoms with E-state index in [-0.39, 0.29) is 28.7 Å². The van der Waals surface area contributed by atoms with E-state index >= 15 is 0 Å². The van der Waals surface area contributed by atoms with E-state index in [4.69, 9.17) is 4.74 Å². The summed E-state index contributed by atoms with van der Waals surface area (Å²) < 4.78 is 37.1. The number of para-hydroxylation sites is 1. The summed E-state index contributed by atoms with van der Waals surface area (Å²) in [6.07, 6.45) is 0. The molecule has 2 aromatic carbocycles. The van der Waals surface area contributed by atoms with Crippen molar-refractivity contribution in [2.45, 2.75) is 18.7 Å². The van der Waals surface area contributed by atoms with Crippen molar-refractivity contribution in [1.29, 1.82) is 0 Å². The number of benzene rings is 2. The fourth-order valence-corrected chi connectivity index (χ4v) is 4.02. The van der Waals surface area contributed by atoms with Crippen LogP contribution in [0.3, 0.4) is 0 Å². The predicted octanol–water partition coefficient (Wildman–Crippen LogP) is 2.19. The lowest BCUT2D eigenvalue weighted by molar-refractivity contribution is -0.138. The van der Waals surface area contributed by atoms with Crippen LogP contribution >= 0.6 is 0 Å². The molecule has 0 unspecified atom stereocenters. The van der Waals surface area contributed by atoms with Crippen LogP contribution in [-0.4, -0.2) is 46.5 Å². The van der Waals surface area contributed by atoms with Crippen LogP contribution in [0.1, 0.15) is 24.2 Å². The standard InChI is InChI=1S/C20H22N2O7S/c1-4-29-20(25)17-7-5-6-8-18(17)22(13-19(24)28-3)30(26,27)16-11-9-15(10-12-16)21-14(2)23/h5-12H,4,13H2,1-3H3,(H,21,23). The molecule has 0 aliphatic carbocycles. The highest BCUT2D eigenvalue weighted by atomic mass is 32.2. The zero-order valence-electron chi connectivity index (χ0n) is 16.7. The van der Waals surface area contributed by atoms with Crippen molar-refractivity contribution >= 4 is 39.2 Å². The molecular formula is C20H22N2O7S. The fraction of sp³-hybridized carbons (Fsp3) is 0.250. The number of nitrogens with one attached hydrogen (secondary N) is 1. The third-order valence-corrected chi connectivity index (χ3v) is 5.71. The molecule has 0 saturated heterocycles. The Kier molecular flexibility index (Phi) is 7.54. The molecule has 0 atom stereocenters. The highest BCUT2D eigenvalue weighted by molar-refractivity contribution is 7.92. The zero-order chi connectivity index (χ0) is 22.3. The number of rotatable bonds is 8. The number of hydrogen-bond acceptors (Lipinski definition) is 7. The maximum atomic E-state index is 13.3. The van der Waals surface area contributed by atoms with E-state index in [9.17, 15) is 22.8 Å². The van der Waals surface area contributed by atoms with Gasteiger partial charge in [-0.2, -0.15) is 0 Å². The minimum atomic E-state index is -4.26. The maximum Gasteiger partial charge on any atom is 0.340 e. The van der Waals surface area contributed by atoms with Gasteiger partial charge in [0.1, 0.15) is 6.54 Å². The summed E-state index contributed by atoms with van der Waals surface area (Å²) in [7, 11) is -3.13. The van der Waals surface area contributed by atoms with Gasteiger partial charge < -0.3 is 14.8 Å². The Labute approximate surface area is 174 Å². The maximum absolute atomic E-state index is 13.3. The van der Waals surface area contributed by atoms with Crippen molar-refractivity contribution < 1.29 is 32.3 Å². The van der Waals surface area contributed by atoms with Gasteiger partial charge in [-0.1, -0.05) is 12.1 Å². The average molecular weight is 434 g/mol. The number of anilines is 2. The molecule has 0 fully saturated rings. The van der Waals surface area contributed by atoms with Crippen molar-refractivity contribution in [3.63, 3.8) is 0 Å². The number of esters is 2. The van der Waals surface area contributed by atoms with Crippen molar-refractivity contribution in [3.8, 4) is 0 Å². The first-order valence-corrected chi connectivity index (χ1v) is 10.4. The summed E-state index contributed by atoms with van der Waals surface area (Å²) in [6, 6.07) is 11.3. The Balaban J connectivity index is 2.55. The lowest BCUT2D eigenvalue weighted by Gasteiger charge is -2.25. The summed E-state index contributed by atoms with van der Waals surface area (Å²) in [4.78, 5) is 35.3. The van der Waals surface area contributed by atoms with Crippen molar-refractivity contribution in [3.05, 3.63) is 54.1 Å². The monoisotopic (exact) mass is 434 g/mol. The summed E-state index contributed by atoms with van der Waals surface area (Å²) in [6.45, 7) is 2.40. The van der Waals surface area contributed by atoms with Gasteiger partial charge in [0, 0.05) is 12.6 Å². The van der Waals surface area contributed by atoms with E-state index in [1.807, 2.05) is 0 Å². The average Bonchev–Trinajstić information content (AvgIpc) is 2.71. The highest BCUT2D eigenvalue weighted by Crippen LogP contribution is 2.28. The SMILES string of the molecule is CCOC(=O)c1ccccc1N(CC(=O)OC)S(=O)(=O)c1ccc(NC(C)=O)cc1. The third-order valence-electron chi connectivity index (χ3n) is 3.93. The minimum absolute atomic E-state index is 0.0123. The van der Waals surface area contributed by atoms with Crippen LogP contribution in [0.4, 0.5) is 11.4 Å². The van der Waals surface area contributed by atoms with Crippen LogP contribution in [-0.2, 0) is 29.1 Å². The first-order chi connectivity index (χ1) is 14.2. The third kappa shape index (κ3) is 5.35. The molecule has 0 radical (unpaired) electrons. The van der Waals surface area contributed by atoms with Crippen LogP contribution in [0.15, 0.2) is 53.4 Å². The number of ether oxygens (including phenoxy) is 2. The molecule has 30 heavy (non-hydrogen) atoms. The van der Waals surface area contributed by atoms with E-state index in [0.29, 0.717) is 5.69 Å². The number of nitrogens with zero attached hydrogens (tertiary/aromatic N) is 1. The van der Waals surface area contributed by atoms with Gasteiger partial charge in [0.05, 0.1) is 29.9 Å². The Hall–Kier alpha value is -3.40. The Morgan fingerprint density at radius 3 is 2.23 bits per heavy atom. The van der Waals surface area contributed by atoms with E-state index in [1.165, 1.54) is 49.4 Å². The molecule has 160 valence electrons. The smallest absolute Gasteiger partial charge is 0.340 e. The predicted molar refractivity (Wildman–Crippen MR) is 110 cm³/mol. The second kappa shape index (κ2) is 9.88.